The number of hydrogen-bond acceptors (Lipinski definition) is 4. The van der Waals surface area contributed by atoms with E-state index in [1.807, 2.05) is 24.3 Å². The molecule has 1 saturated heterocycles. The Bertz CT molecular complexity index is 846. The molecule has 1 heterocycles. The van der Waals surface area contributed by atoms with Crippen LogP contribution in [0.1, 0.15) is 42.1 Å². The van der Waals surface area contributed by atoms with Crippen LogP contribution >= 0.6 is 0 Å². The van der Waals surface area contributed by atoms with Gasteiger partial charge in [-0.1, -0.05) is 44.2 Å². The summed E-state index contributed by atoms with van der Waals surface area (Å²) in [7, 11) is 0. The van der Waals surface area contributed by atoms with E-state index in [2.05, 4.69) is 19.2 Å². The minimum Gasteiger partial charge on any atom is -0.483 e. The first kappa shape index (κ1) is 20.9. The molecule has 154 valence electrons. The van der Waals surface area contributed by atoms with Crippen molar-refractivity contribution >= 4 is 17.5 Å². The number of carbonyl (C=O) groups is 2. The highest BCUT2D eigenvalue weighted by Crippen LogP contribution is 2.28. The standard InChI is InChI=1S/C23H28N2O4/c1-3-17(2)18-8-5-7-11-21(18)29-16-22(26)24-20-10-6-4-9-19(20)23(27)25-12-14-28-15-13-25/h4-11,17H,3,12-16H2,1-2H3,(H,24,26). The van der Waals surface area contributed by atoms with Gasteiger partial charge in [0.2, 0.25) is 0 Å². The van der Waals surface area contributed by atoms with Gasteiger partial charge in [0.1, 0.15) is 5.75 Å². The zero-order valence-corrected chi connectivity index (χ0v) is 17.0. The third-order valence-corrected chi connectivity index (χ3v) is 5.15. The molecule has 0 aromatic heterocycles. The molecule has 6 nitrogen and oxygen atoms in total. The van der Waals surface area contributed by atoms with Crippen LogP contribution in [0.15, 0.2) is 48.5 Å². The second-order valence-electron chi connectivity index (χ2n) is 7.13. The van der Waals surface area contributed by atoms with Crippen LogP contribution < -0.4 is 10.1 Å². The van der Waals surface area contributed by atoms with E-state index in [1.54, 1.807) is 29.2 Å². The molecule has 1 N–H and O–H groups in total. The smallest absolute Gasteiger partial charge is 0.262 e. The average Bonchev–Trinajstić information content (AvgIpc) is 2.78. The van der Waals surface area contributed by atoms with Gasteiger partial charge in [-0.05, 0) is 36.1 Å². The predicted molar refractivity (Wildman–Crippen MR) is 112 cm³/mol. The molecule has 1 aliphatic rings. The number of benzene rings is 2. The fourth-order valence-electron chi connectivity index (χ4n) is 3.28. The molecular weight excluding hydrogens is 368 g/mol. The zero-order valence-electron chi connectivity index (χ0n) is 17.0. The SMILES string of the molecule is CCC(C)c1ccccc1OCC(=O)Nc1ccccc1C(=O)N1CCOCC1. The molecule has 0 spiro atoms. The van der Waals surface area contributed by atoms with Crippen molar-refractivity contribution in [3.05, 3.63) is 59.7 Å². The van der Waals surface area contributed by atoms with E-state index in [1.165, 1.54) is 0 Å². The molecular formula is C23H28N2O4. The highest BCUT2D eigenvalue weighted by molar-refractivity contribution is 6.04. The Morgan fingerprint density at radius 2 is 1.79 bits per heavy atom. The number of nitrogens with one attached hydrogen (secondary N) is 1. The lowest BCUT2D eigenvalue weighted by Gasteiger charge is -2.27. The Labute approximate surface area is 171 Å². The number of amides is 2. The van der Waals surface area contributed by atoms with Gasteiger partial charge in [-0.3, -0.25) is 9.59 Å². The summed E-state index contributed by atoms with van der Waals surface area (Å²) in [5.74, 6) is 0.661. The Balaban J connectivity index is 1.65. The fraction of sp³-hybridized carbons (Fsp3) is 0.391. The van der Waals surface area contributed by atoms with Gasteiger partial charge < -0.3 is 19.7 Å². The summed E-state index contributed by atoms with van der Waals surface area (Å²) in [5.41, 5.74) is 2.06. The van der Waals surface area contributed by atoms with Crippen LogP contribution in [0, 0.1) is 0 Å². The van der Waals surface area contributed by atoms with Gasteiger partial charge in [-0.25, -0.2) is 0 Å². The van der Waals surface area contributed by atoms with Crippen LogP contribution in [-0.4, -0.2) is 49.6 Å². The van der Waals surface area contributed by atoms with Crippen molar-refractivity contribution < 1.29 is 19.1 Å². The van der Waals surface area contributed by atoms with E-state index >= 15 is 0 Å². The van der Waals surface area contributed by atoms with Gasteiger partial charge in [0, 0.05) is 13.1 Å². The van der Waals surface area contributed by atoms with E-state index in [4.69, 9.17) is 9.47 Å². The van der Waals surface area contributed by atoms with E-state index in [9.17, 15) is 9.59 Å². The Morgan fingerprint density at radius 1 is 1.10 bits per heavy atom. The van der Waals surface area contributed by atoms with Crippen LogP contribution in [0.4, 0.5) is 5.69 Å². The second kappa shape index (κ2) is 10.1. The summed E-state index contributed by atoms with van der Waals surface area (Å²) in [6.45, 7) is 6.31. The van der Waals surface area contributed by atoms with Gasteiger partial charge in [0.05, 0.1) is 24.5 Å². The lowest BCUT2D eigenvalue weighted by molar-refractivity contribution is -0.118. The number of morpholine rings is 1. The molecule has 1 atom stereocenters. The molecule has 1 fully saturated rings. The molecule has 1 aliphatic heterocycles. The average molecular weight is 396 g/mol. The number of rotatable bonds is 7. The molecule has 0 radical (unpaired) electrons. The second-order valence-corrected chi connectivity index (χ2v) is 7.13. The first-order valence-corrected chi connectivity index (χ1v) is 10.1. The van der Waals surface area contributed by atoms with Crippen molar-refractivity contribution in [1.29, 1.82) is 0 Å². The number of anilines is 1. The summed E-state index contributed by atoms with van der Waals surface area (Å²) in [6.07, 6.45) is 0.990. The third-order valence-electron chi connectivity index (χ3n) is 5.15. The summed E-state index contributed by atoms with van der Waals surface area (Å²) in [5, 5.41) is 2.82. The summed E-state index contributed by atoms with van der Waals surface area (Å²) >= 11 is 0. The van der Waals surface area contributed by atoms with Crippen LogP contribution in [0.5, 0.6) is 5.75 Å². The van der Waals surface area contributed by atoms with Crippen molar-refractivity contribution in [3.63, 3.8) is 0 Å². The molecule has 3 rings (SSSR count). The highest BCUT2D eigenvalue weighted by atomic mass is 16.5. The summed E-state index contributed by atoms with van der Waals surface area (Å²) < 4.78 is 11.1. The Kier molecular flexibility index (Phi) is 7.25. The highest BCUT2D eigenvalue weighted by Gasteiger charge is 2.21. The lowest BCUT2D eigenvalue weighted by atomic mass is 9.98. The van der Waals surface area contributed by atoms with Crippen molar-refractivity contribution in [3.8, 4) is 5.75 Å². The topological polar surface area (TPSA) is 67.9 Å². The van der Waals surface area contributed by atoms with Crippen molar-refractivity contribution in [2.45, 2.75) is 26.2 Å². The van der Waals surface area contributed by atoms with Gasteiger partial charge in [-0.15, -0.1) is 0 Å². The van der Waals surface area contributed by atoms with Gasteiger partial charge >= 0.3 is 0 Å². The summed E-state index contributed by atoms with van der Waals surface area (Å²) in [4.78, 5) is 27.1. The first-order chi connectivity index (χ1) is 14.1. The number of carbonyl (C=O) groups excluding carboxylic acids is 2. The summed E-state index contributed by atoms with van der Waals surface area (Å²) in [6, 6.07) is 14.8. The molecule has 0 aliphatic carbocycles. The maximum Gasteiger partial charge on any atom is 0.262 e. The largest absolute Gasteiger partial charge is 0.483 e. The number of para-hydroxylation sites is 2. The molecule has 0 saturated carbocycles. The lowest BCUT2D eigenvalue weighted by Crippen LogP contribution is -2.41. The molecule has 2 amide bonds. The van der Waals surface area contributed by atoms with E-state index in [0.29, 0.717) is 43.5 Å². The molecule has 6 heteroatoms. The molecule has 2 aromatic rings. The Hall–Kier alpha value is -2.86. The van der Waals surface area contributed by atoms with Crippen LogP contribution in [0.3, 0.4) is 0 Å². The zero-order chi connectivity index (χ0) is 20.6. The fourth-order valence-corrected chi connectivity index (χ4v) is 3.28. The normalized spacial score (nSPS) is 14.9. The monoisotopic (exact) mass is 396 g/mol. The number of ether oxygens (including phenoxy) is 2. The van der Waals surface area contributed by atoms with Gasteiger partial charge in [-0.2, -0.15) is 0 Å². The van der Waals surface area contributed by atoms with E-state index in [0.717, 1.165) is 17.7 Å². The number of nitrogens with zero attached hydrogens (tertiary/aromatic N) is 1. The van der Waals surface area contributed by atoms with Crippen molar-refractivity contribution in [2.75, 3.05) is 38.2 Å². The molecule has 2 aromatic carbocycles. The number of hydrogen-bond donors (Lipinski definition) is 1. The van der Waals surface area contributed by atoms with Gasteiger partial charge in [0.15, 0.2) is 6.61 Å². The third kappa shape index (κ3) is 5.35. The van der Waals surface area contributed by atoms with Gasteiger partial charge in [0.25, 0.3) is 11.8 Å². The molecule has 0 bridgehead atoms. The van der Waals surface area contributed by atoms with E-state index < -0.39 is 0 Å². The maximum atomic E-state index is 12.8. The minimum atomic E-state index is -0.300. The van der Waals surface area contributed by atoms with Crippen molar-refractivity contribution in [2.24, 2.45) is 0 Å². The predicted octanol–water partition coefficient (Wildman–Crippen LogP) is 3.69. The van der Waals surface area contributed by atoms with Crippen molar-refractivity contribution in [1.82, 2.24) is 4.90 Å². The van der Waals surface area contributed by atoms with Crippen LogP contribution in [0.25, 0.3) is 0 Å². The quantitative estimate of drug-likeness (QED) is 0.775. The maximum absolute atomic E-state index is 12.8. The first-order valence-electron chi connectivity index (χ1n) is 10.1. The Morgan fingerprint density at radius 3 is 2.55 bits per heavy atom. The molecule has 1 unspecified atom stereocenters. The van der Waals surface area contributed by atoms with Crippen LogP contribution in [0.2, 0.25) is 0 Å². The van der Waals surface area contributed by atoms with E-state index in [-0.39, 0.29) is 18.4 Å². The van der Waals surface area contributed by atoms with Crippen LogP contribution in [-0.2, 0) is 9.53 Å². The minimum absolute atomic E-state index is 0.104. The molecule has 29 heavy (non-hydrogen) atoms.